The van der Waals surface area contributed by atoms with Gasteiger partial charge in [-0.05, 0) is 29.8 Å². The summed E-state index contributed by atoms with van der Waals surface area (Å²) in [6, 6.07) is 20.9. The first-order valence-corrected chi connectivity index (χ1v) is 7.81. The Morgan fingerprint density at radius 2 is 1.38 bits per heavy atom. The molecule has 0 aromatic heterocycles. The molecule has 2 aromatic carbocycles. The van der Waals surface area contributed by atoms with E-state index in [9.17, 15) is 0 Å². The summed E-state index contributed by atoms with van der Waals surface area (Å²) in [6.45, 7) is 4.71. The molecule has 110 valence electrons. The molecule has 0 heterocycles. The van der Waals surface area contributed by atoms with E-state index in [1.807, 2.05) is 12.1 Å². The van der Waals surface area contributed by atoms with E-state index in [1.54, 1.807) is 0 Å². The zero-order valence-electron chi connectivity index (χ0n) is 12.5. The van der Waals surface area contributed by atoms with Gasteiger partial charge in [0, 0.05) is 19.6 Å². The highest BCUT2D eigenvalue weighted by Gasteiger charge is 2.10. The van der Waals surface area contributed by atoms with Gasteiger partial charge < -0.3 is 10.2 Å². The third kappa shape index (κ3) is 5.20. The van der Waals surface area contributed by atoms with Gasteiger partial charge in [-0.25, -0.2) is 0 Å². The average Bonchev–Trinajstić information content (AvgIpc) is 2.54. The lowest BCUT2D eigenvalue weighted by Crippen LogP contribution is -2.39. The van der Waals surface area contributed by atoms with Gasteiger partial charge in [-0.1, -0.05) is 67.6 Å². The van der Waals surface area contributed by atoms with Crippen molar-refractivity contribution in [2.24, 2.45) is 0 Å². The van der Waals surface area contributed by atoms with Crippen molar-refractivity contribution in [2.45, 2.75) is 26.4 Å². The highest BCUT2D eigenvalue weighted by molar-refractivity contribution is 7.80. The van der Waals surface area contributed by atoms with Gasteiger partial charge in [-0.3, -0.25) is 0 Å². The number of rotatable bonds is 6. The van der Waals surface area contributed by atoms with Crippen molar-refractivity contribution in [3.8, 4) is 0 Å². The molecule has 0 aliphatic rings. The fraction of sp³-hybridized carbons (Fsp3) is 0.278. The molecule has 0 aliphatic carbocycles. The highest BCUT2D eigenvalue weighted by atomic mass is 32.1. The van der Waals surface area contributed by atoms with Crippen LogP contribution in [0.15, 0.2) is 60.7 Å². The van der Waals surface area contributed by atoms with E-state index in [1.165, 1.54) is 11.1 Å². The minimum atomic E-state index is 0.824. The summed E-state index contributed by atoms with van der Waals surface area (Å²) in [5.74, 6) is 0. The summed E-state index contributed by atoms with van der Waals surface area (Å²) in [5, 5.41) is 4.15. The average molecular weight is 298 g/mol. The Morgan fingerprint density at radius 1 is 0.905 bits per heavy atom. The topological polar surface area (TPSA) is 15.3 Å². The van der Waals surface area contributed by atoms with Crippen LogP contribution in [0, 0.1) is 0 Å². The number of hydrogen-bond acceptors (Lipinski definition) is 1. The molecule has 0 saturated heterocycles. The standard InChI is InChI=1S/C18H22N2S/c1-2-13-19-18(21)20(14-16-9-5-3-6-10-16)15-17-11-7-4-8-12-17/h3-12H,2,13-15H2,1H3,(H,19,21). The smallest absolute Gasteiger partial charge is 0.169 e. The fourth-order valence-electron chi connectivity index (χ4n) is 2.15. The van der Waals surface area contributed by atoms with Crippen LogP contribution in [0.25, 0.3) is 0 Å². The van der Waals surface area contributed by atoms with E-state index < -0.39 is 0 Å². The lowest BCUT2D eigenvalue weighted by molar-refractivity contribution is 0.399. The minimum Gasteiger partial charge on any atom is -0.363 e. The maximum atomic E-state index is 5.55. The van der Waals surface area contributed by atoms with Crippen LogP contribution in [0.1, 0.15) is 24.5 Å². The van der Waals surface area contributed by atoms with Gasteiger partial charge in [0.25, 0.3) is 0 Å². The Balaban J connectivity index is 2.08. The van der Waals surface area contributed by atoms with Crippen molar-refractivity contribution in [1.82, 2.24) is 10.2 Å². The van der Waals surface area contributed by atoms with Crippen LogP contribution in [0.5, 0.6) is 0 Å². The molecule has 0 radical (unpaired) electrons. The Hall–Kier alpha value is -1.87. The van der Waals surface area contributed by atoms with E-state index >= 15 is 0 Å². The molecule has 0 saturated carbocycles. The second-order valence-corrected chi connectivity index (χ2v) is 5.45. The monoisotopic (exact) mass is 298 g/mol. The Morgan fingerprint density at radius 3 is 1.81 bits per heavy atom. The van der Waals surface area contributed by atoms with Crippen molar-refractivity contribution in [2.75, 3.05) is 6.54 Å². The minimum absolute atomic E-state index is 0.824. The predicted octanol–water partition coefficient (Wildman–Crippen LogP) is 3.97. The van der Waals surface area contributed by atoms with Crippen LogP contribution in [0.2, 0.25) is 0 Å². The zero-order valence-corrected chi connectivity index (χ0v) is 13.3. The predicted molar refractivity (Wildman–Crippen MR) is 93.0 cm³/mol. The Labute approximate surface area is 132 Å². The van der Waals surface area contributed by atoms with Gasteiger partial charge in [0.15, 0.2) is 5.11 Å². The first-order valence-electron chi connectivity index (χ1n) is 7.40. The summed E-state index contributed by atoms with van der Waals surface area (Å²) in [6.07, 6.45) is 1.07. The van der Waals surface area contributed by atoms with Crippen molar-refractivity contribution < 1.29 is 0 Å². The van der Waals surface area contributed by atoms with E-state index in [-0.39, 0.29) is 0 Å². The Bertz CT molecular complexity index is 498. The van der Waals surface area contributed by atoms with Crippen LogP contribution in [0.4, 0.5) is 0 Å². The summed E-state index contributed by atoms with van der Waals surface area (Å²) in [7, 11) is 0. The lowest BCUT2D eigenvalue weighted by Gasteiger charge is -2.26. The summed E-state index contributed by atoms with van der Waals surface area (Å²) < 4.78 is 0. The van der Waals surface area contributed by atoms with Crippen molar-refractivity contribution >= 4 is 17.3 Å². The van der Waals surface area contributed by atoms with Crippen molar-refractivity contribution in [3.05, 3.63) is 71.8 Å². The Kier molecular flexibility index (Phi) is 6.22. The summed E-state index contributed by atoms with van der Waals surface area (Å²) in [5.41, 5.74) is 2.54. The fourth-order valence-corrected chi connectivity index (χ4v) is 2.38. The number of benzene rings is 2. The van der Waals surface area contributed by atoms with Gasteiger partial charge in [0.05, 0.1) is 0 Å². The third-order valence-corrected chi connectivity index (χ3v) is 3.65. The molecule has 0 bridgehead atoms. The molecule has 0 fully saturated rings. The summed E-state index contributed by atoms with van der Waals surface area (Å²) >= 11 is 5.55. The molecule has 0 spiro atoms. The molecule has 0 amide bonds. The van der Waals surface area contributed by atoms with Gasteiger partial charge in [0.2, 0.25) is 0 Å². The van der Waals surface area contributed by atoms with Gasteiger partial charge in [0.1, 0.15) is 0 Å². The molecular formula is C18H22N2S. The molecule has 21 heavy (non-hydrogen) atoms. The van der Waals surface area contributed by atoms with E-state index in [0.29, 0.717) is 0 Å². The van der Waals surface area contributed by atoms with Crippen molar-refractivity contribution in [3.63, 3.8) is 0 Å². The third-order valence-electron chi connectivity index (χ3n) is 3.25. The van der Waals surface area contributed by atoms with Crippen molar-refractivity contribution in [1.29, 1.82) is 0 Å². The molecule has 2 aromatic rings. The second kappa shape index (κ2) is 8.42. The van der Waals surface area contributed by atoms with Crippen LogP contribution in [-0.4, -0.2) is 16.6 Å². The molecule has 0 aliphatic heterocycles. The van der Waals surface area contributed by atoms with Gasteiger partial charge >= 0.3 is 0 Å². The molecular weight excluding hydrogens is 276 g/mol. The van der Waals surface area contributed by atoms with Gasteiger partial charge in [-0.2, -0.15) is 0 Å². The number of hydrogen-bond donors (Lipinski definition) is 1. The zero-order chi connectivity index (χ0) is 14.9. The number of nitrogens with zero attached hydrogens (tertiary/aromatic N) is 1. The molecule has 2 nitrogen and oxygen atoms in total. The highest BCUT2D eigenvalue weighted by Crippen LogP contribution is 2.10. The van der Waals surface area contributed by atoms with Gasteiger partial charge in [-0.15, -0.1) is 0 Å². The molecule has 3 heteroatoms. The van der Waals surface area contributed by atoms with E-state index in [0.717, 1.165) is 31.2 Å². The van der Waals surface area contributed by atoms with E-state index in [2.05, 4.69) is 65.7 Å². The SMILES string of the molecule is CCCNC(=S)N(Cc1ccccc1)Cc1ccccc1. The summed E-state index contributed by atoms with van der Waals surface area (Å²) in [4.78, 5) is 2.22. The normalized spacial score (nSPS) is 10.1. The van der Waals surface area contributed by atoms with Crippen LogP contribution < -0.4 is 5.32 Å². The first kappa shape index (κ1) is 15.5. The van der Waals surface area contributed by atoms with Crippen LogP contribution >= 0.6 is 12.2 Å². The quantitative estimate of drug-likeness (QED) is 0.812. The molecule has 1 N–H and O–H groups in total. The molecule has 2 rings (SSSR count). The van der Waals surface area contributed by atoms with E-state index in [4.69, 9.17) is 12.2 Å². The largest absolute Gasteiger partial charge is 0.363 e. The number of nitrogens with one attached hydrogen (secondary N) is 1. The first-order chi connectivity index (χ1) is 10.3. The number of thiocarbonyl (C=S) groups is 1. The lowest BCUT2D eigenvalue weighted by atomic mass is 10.2. The van der Waals surface area contributed by atoms with Crippen LogP contribution in [0.3, 0.4) is 0 Å². The molecule has 0 atom stereocenters. The second-order valence-electron chi connectivity index (χ2n) is 5.06. The maximum absolute atomic E-state index is 5.55. The maximum Gasteiger partial charge on any atom is 0.169 e. The van der Waals surface area contributed by atoms with Crippen LogP contribution in [-0.2, 0) is 13.1 Å². The molecule has 0 unspecified atom stereocenters.